The topological polar surface area (TPSA) is 64.6 Å². The number of hydrogen-bond donors (Lipinski definition) is 1. The Bertz CT molecular complexity index is 831. The first-order valence-corrected chi connectivity index (χ1v) is 9.08. The van der Waals surface area contributed by atoms with E-state index >= 15 is 0 Å². The van der Waals surface area contributed by atoms with Gasteiger partial charge >= 0.3 is 0 Å². The van der Waals surface area contributed by atoms with E-state index in [9.17, 15) is 8.42 Å². The van der Waals surface area contributed by atoms with Crippen LogP contribution in [0.15, 0.2) is 41.3 Å². The van der Waals surface area contributed by atoms with Crippen molar-refractivity contribution in [2.75, 3.05) is 14.2 Å². The van der Waals surface area contributed by atoms with Crippen LogP contribution in [-0.4, -0.2) is 22.6 Å². The fourth-order valence-corrected chi connectivity index (χ4v) is 3.81. The van der Waals surface area contributed by atoms with Gasteiger partial charge in [0.2, 0.25) is 10.0 Å². The zero-order chi connectivity index (χ0) is 17.9. The van der Waals surface area contributed by atoms with Crippen LogP contribution in [0.2, 0.25) is 0 Å². The van der Waals surface area contributed by atoms with E-state index in [1.165, 1.54) is 25.8 Å². The molecule has 0 spiro atoms. The van der Waals surface area contributed by atoms with E-state index in [1.807, 2.05) is 39.0 Å². The molecule has 0 fully saturated rings. The molecule has 2 aromatic rings. The van der Waals surface area contributed by atoms with Crippen molar-refractivity contribution in [2.24, 2.45) is 0 Å². The van der Waals surface area contributed by atoms with Crippen molar-refractivity contribution in [1.29, 1.82) is 0 Å². The number of hydrogen-bond acceptors (Lipinski definition) is 4. The molecule has 2 aromatic carbocycles. The van der Waals surface area contributed by atoms with Gasteiger partial charge in [-0.05, 0) is 49.6 Å². The minimum absolute atomic E-state index is 0.0556. The molecule has 0 bridgehead atoms. The van der Waals surface area contributed by atoms with Gasteiger partial charge in [-0.3, -0.25) is 0 Å². The molecular weight excluding hydrogens is 326 g/mol. The smallest absolute Gasteiger partial charge is 0.244 e. The van der Waals surface area contributed by atoms with Crippen LogP contribution in [0.25, 0.3) is 0 Å². The molecule has 0 aromatic heterocycles. The van der Waals surface area contributed by atoms with E-state index in [1.54, 1.807) is 12.1 Å². The number of sulfonamides is 1. The van der Waals surface area contributed by atoms with Crippen LogP contribution in [0.3, 0.4) is 0 Å². The van der Waals surface area contributed by atoms with Gasteiger partial charge < -0.3 is 9.47 Å². The Labute approximate surface area is 143 Å². The number of rotatable bonds is 6. The summed E-state index contributed by atoms with van der Waals surface area (Å²) >= 11 is 0. The van der Waals surface area contributed by atoms with Crippen molar-refractivity contribution in [3.63, 3.8) is 0 Å². The first kappa shape index (κ1) is 18.3. The average Bonchev–Trinajstić information content (AvgIpc) is 2.56. The maximum atomic E-state index is 12.8. The summed E-state index contributed by atoms with van der Waals surface area (Å²) in [5.41, 5.74) is 3.20. The van der Waals surface area contributed by atoms with E-state index in [0.717, 1.165) is 11.1 Å². The highest BCUT2D eigenvalue weighted by atomic mass is 32.2. The quantitative estimate of drug-likeness (QED) is 0.868. The zero-order valence-electron chi connectivity index (χ0n) is 14.6. The van der Waals surface area contributed by atoms with Gasteiger partial charge in [-0.15, -0.1) is 0 Å². The highest BCUT2D eigenvalue weighted by Crippen LogP contribution is 2.29. The number of methoxy groups -OCH3 is 2. The second-order valence-corrected chi connectivity index (χ2v) is 7.39. The summed E-state index contributed by atoms with van der Waals surface area (Å²) in [6.45, 7) is 5.84. The fraction of sp³-hybridized carbons (Fsp3) is 0.333. The molecule has 5 nitrogen and oxygen atoms in total. The molecule has 0 saturated carbocycles. The SMILES string of the molecule is COc1ccc(OC)c(S(=O)(=O)NC(C)c2ccc(C)c(C)c2)c1. The predicted molar refractivity (Wildman–Crippen MR) is 94.2 cm³/mol. The number of ether oxygens (including phenoxy) is 2. The van der Waals surface area contributed by atoms with Crippen LogP contribution in [0.1, 0.15) is 29.7 Å². The first-order valence-electron chi connectivity index (χ1n) is 7.60. The first-order chi connectivity index (χ1) is 11.3. The van der Waals surface area contributed by atoms with Crippen molar-refractivity contribution < 1.29 is 17.9 Å². The average molecular weight is 349 g/mol. The van der Waals surface area contributed by atoms with Gasteiger partial charge in [-0.1, -0.05) is 18.2 Å². The molecule has 2 rings (SSSR count). The van der Waals surface area contributed by atoms with Gasteiger partial charge in [0.15, 0.2) is 0 Å². The monoisotopic (exact) mass is 349 g/mol. The standard InChI is InChI=1S/C18H23NO4S/c1-12-6-7-15(10-13(12)2)14(3)19-24(20,21)18-11-16(22-4)8-9-17(18)23-5/h6-11,14,19H,1-5H3. The molecule has 0 aliphatic carbocycles. The molecule has 6 heteroatoms. The lowest BCUT2D eigenvalue weighted by atomic mass is 10.0. The Morgan fingerprint density at radius 2 is 1.67 bits per heavy atom. The summed E-state index contributed by atoms with van der Waals surface area (Å²) < 4.78 is 38.5. The number of benzene rings is 2. The maximum Gasteiger partial charge on any atom is 0.244 e. The molecule has 130 valence electrons. The second kappa shape index (κ2) is 7.23. The number of aryl methyl sites for hydroxylation is 2. The van der Waals surface area contributed by atoms with E-state index in [2.05, 4.69) is 4.72 Å². The van der Waals surface area contributed by atoms with Gasteiger partial charge in [0.25, 0.3) is 0 Å². The third kappa shape index (κ3) is 3.88. The summed E-state index contributed by atoms with van der Waals surface area (Å²) in [7, 11) is -0.833. The summed E-state index contributed by atoms with van der Waals surface area (Å²) in [6.07, 6.45) is 0. The normalized spacial score (nSPS) is 12.7. The molecular formula is C18H23NO4S. The fourth-order valence-electron chi connectivity index (χ4n) is 2.39. The summed E-state index contributed by atoms with van der Waals surface area (Å²) in [6, 6.07) is 10.2. The molecule has 1 atom stereocenters. The molecule has 0 saturated heterocycles. The largest absolute Gasteiger partial charge is 0.497 e. The Morgan fingerprint density at radius 3 is 2.25 bits per heavy atom. The molecule has 1 unspecified atom stereocenters. The van der Waals surface area contributed by atoms with Gasteiger partial charge in [0.1, 0.15) is 16.4 Å². The lowest BCUT2D eigenvalue weighted by molar-refractivity contribution is 0.391. The van der Waals surface area contributed by atoms with Gasteiger partial charge in [0.05, 0.1) is 14.2 Å². The Kier molecular flexibility index (Phi) is 5.51. The van der Waals surface area contributed by atoms with Crippen LogP contribution in [0.4, 0.5) is 0 Å². The maximum absolute atomic E-state index is 12.8. The highest BCUT2D eigenvalue weighted by molar-refractivity contribution is 7.89. The minimum Gasteiger partial charge on any atom is -0.497 e. The van der Waals surface area contributed by atoms with Crippen LogP contribution < -0.4 is 14.2 Å². The predicted octanol–water partition coefficient (Wildman–Crippen LogP) is 3.36. The Hall–Kier alpha value is -2.05. The summed E-state index contributed by atoms with van der Waals surface area (Å²) in [5, 5.41) is 0. The molecule has 24 heavy (non-hydrogen) atoms. The van der Waals surface area contributed by atoms with E-state index < -0.39 is 10.0 Å². The third-order valence-corrected chi connectivity index (χ3v) is 5.59. The van der Waals surface area contributed by atoms with Crippen molar-refractivity contribution in [3.8, 4) is 11.5 Å². The van der Waals surface area contributed by atoms with E-state index in [4.69, 9.17) is 9.47 Å². The van der Waals surface area contributed by atoms with Gasteiger partial charge in [0, 0.05) is 12.1 Å². The summed E-state index contributed by atoms with van der Waals surface area (Å²) in [5.74, 6) is 0.727. The van der Waals surface area contributed by atoms with Crippen LogP contribution >= 0.6 is 0 Å². The third-order valence-electron chi connectivity index (χ3n) is 4.02. The van der Waals surface area contributed by atoms with Crippen molar-refractivity contribution in [2.45, 2.75) is 31.7 Å². The second-order valence-electron chi connectivity index (χ2n) is 5.70. The molecule has 0 amide bonds. The van der Waals surface area contributed by atoms with Crippen molar-refractivity contribution in [3.05, 3.63) is 53.1 Å². The molecule has 0 aliphatic rings. The molecule has 1 N–H and O–H groups in total. The Morgan fingerprint density at radius 1 is 0.958 bits per heavy atom. The number of nitrogens with one attached hydrogen (secondary N) is 1. The summed E-state index contributed by atoms with van der Waals surface area (Å²) in [4.78, 5) is 0.0556. The minimum atomic E-state index is -3.76. The van der Waals surface area contributed by atoms with Crippen LogP contribution in [0, 0.1) is 13.8 Å². The highest BCUT2D eigenvalue weighted by Gasteiger charge is 2.23. The van der Waals surface area contributed by atoms with Gasteiger partial charge in [-0.2, -0.15) is 0 Å². The molecule has 0 heterocycles. The van der Waals surface area contributed by atoms with Crippen molar-refractivity contribution in [1.82, 2.24) is 4.72 Å². The Balaban J connectivity index is 2.35. The van der Waals surface area contributed by atoms with Crippen LogP contribution in [-0.2, 0) is 10.0 Å². The van der Waals surface area contributed by atoms with E-state index in [-0.39, 0.29) is 16.7 Å². The lowest BCUT2D eigenvalue weighted by Gasteiger charge is -2.17. The molecule has 0 aliphatic heterocycles. The van der Waals surface area contributed by atoms with E-state index in [0.29, 0.717) is 5.75 Å². The molecule has 0 radical (unpaired) electrons. The lowest BCUT2D eigenvalue weighted by Crippen LogP contribution is -2.27. The van der Waals surface area contributed by atoms with Gasteiger partial charge in [-0.25, -0.2) is 13.1 Å². The van der Waals surface area contributed by atoms with Crippen molar-refractivity contribution >= 4 is 10.0 Å². The zero-order valence-corrected chi connectivity index (χ0v) is 15.4. The van der Waals surface area contributed by atoms with Crippen LogP contribution in [0.5, 0.6) is 11.5 Å².